The van der Waals surface area contributed by atoms with Gasteiger partial charge in [-0.05, 0) is 37.1 Å². The van der Waals surface area contributed by atoms with E-state index < -0.39 is 10.2 Å². The zero-order chi connectivity index (χ0) is 12.3. The molecule has 0 aliphatic heterocycles. The Labute approximate surface area is 105 Å². The molecule has 0 unspecified atom stereocenters. The van der Waals surface area contributed by atoms with E-state index in [4.69, 9.17) is 0 Å². The average molecular weight is 307 g/mol. The maximum Gasteiger partial charge on any atom is 0.299 e. The maximum atomic E-state index is 11.6. The second-order valence-electron chi connectivity index (χ2n) is 3.52. The summed E-state index contributed by atoms with van der Waals surface area (Å²) in [7, 11) is -3.46. The quantitative estimate of drug-likeness (QED) is 0.897. The van der Waals surface area contributed by atoms with Crippen LogP contribution in [0.2, 0.25) is 0 Å². The molecule has 0 atom stereocenters. The van der Waals surface area contributed by atoms with Crippen LogP contribution in [0.4, 0.5) is 5.69 Å². The monoisotopic (exact) mass is 306 g/mol. The van der Waals surface area contributed by atoms with E-state index in [1.807, 2.05) is 26.0 Å². The molecule has 1 aromatic carbocycles. The standard InChI is InChI=1S/C10H15BrN2O2S/c1-4-12-16(14,15)13-10-7(2)5-9(11)6-8(10)3/h5-6,12-13H,4H2,1-3H3. The lowest BCUT2D eigenvalue weighted by Gasteiger charge is -2.13. The van der Waals surface area contributed by atoms with Crippen molar-refractivity contribution in [2.45, 2.75) is 20.8 Å². The van der Waals surface area contributed by atoms with Crippen molar-refractivity contribution in [1.29, 1.82) is 0 Å². The molecule has 0 saturated heterocycles. The second-order valence-corrected chi connectivity index (χ2v) is 5.93. The van der Waals surface area contributed by atoms with Crippen molar-refractivity contribution in [1.82, 2.24) is 4.72 Å². The Kier molecular flexibility index (Phi) is 4.35. The Hall–Kier alpha value is -0.590. The molecule has 0 aromatic heterocycles. The van der Waals surface area contributed by atoms with Crippen molar-refractivity contribution >= 4 is 31.8 Å². The molecule has 0 spiro atoms. The van der Waals surface area contributed by atoms with Gasteiger partial charge in [-0.25, -0.2) is 0 Å². The number of hydrogen-bond donors (Lipinski definition) is 2. The van der Waals surface area contributed by atoms with Crippen molar-refractivity contribution in [2.75, 3.05) is 11.3 Å². The van der Waals surface area contributed by atoms with Crippen molar-refractivity contribution in [3.8, 4) is 0 Å². The lowest BCUT2D eigenvalue weighted by atomic mass is 10.1. The molecule has 1 aromatic rings. The van der Waals surface area contributed by atoms with Crippen molar-refractivity contribution in [2.24, 2.45) is 0 Å². The predicted octanol–water partition coefficient (Wildman–Crippen LogP) is 2.33. The Morgan fingerprint density at radius 1 is 1.25 bits per heavy atom. The normalized spacial score (nSPS) is 11.5. The zero-order valence-corrected chi connectivity index (χ0v) is 11.9. The van der Waals surface area contributed by atoms with E-state index in [-0.39, 0.29) is 0 Å². The van der Waals surface area contributed by atoms with Crippen LogP contribution in [0.5, 0.6) is 0 Å². The third kappa shape index (κ3) is 3.47. The summed E-state index contributed by atoms with van der Waals surface area (Å²) in [5.41, 5.74) is 2.39. The molecule has 16 heavy (non-hydrogen) atoms. The molecule has 0 aliphatic carbocycles. The highest BCUT2D eigenvalue weighted by molar-refractivity contribution is 9.10. The van der Waals surface area contributed by atoms with Gasteiger partial charge in [0.05, 0.1) is 5.69 Å². The Balaban J connectivity index is 3.07. The van der Waals surface area contributed by atoms with E-state index in [0.29, 0.717) is 12.2 Å². The SMILES string of the molecule is CCNS(=O)(=O)Nc1c(C)cc(Br)cc1C. The Morgan fingerprint density at radius 2 is 1.75 bits per heavy atom. The van der Waals surface area contributed by atoms with Crippen LogP contribution in [0.25, 0.3) is 0 Å². The number of benzene rings is 1. The predicted molar refractivity (Wildman–Crippen MR) is 69.8 cm³/mol. The van der Waals surface area contributed by atoms with Crippen LogP contribution in [0.1, 0.15) is 18.1 Å². The summed E-state index contributed by atoms with van der Waals surface area (Å²) in [6.45, 7) is 5.83. The lowest BCUT2D eigenvalue weighted by Crippen LogP contribution is -2.30. The van der Waals surface area contributed by atoms with Crippen LogP contribution in [0, 0.1) is 13.8 Å². The summed E-state index contributed by atoms with van der Waals surface area (Å²) >= 11 is 3.36. The number of aryl methyl sites for hydroxylation is 2. The first-order chi connectivity index (χ1) is 7.35. The number of anilines is 1. The van der Waals surface area contributed by atoms with Gasteiger partial charge in [0.1, 0.15) is 0 Å². The van der Waals surface area contributed by atoms with Crippen LogP contribution < -0.4 is 9.44 Å². The van der Waals surface area contributed by atoms with Crippen molar-refractivity contribution in [3.63, 3.8) is 0 Å². The van der Waals surface area contributed by atoms with Crippen molar-refractivity contribution < 1.29 is 8.42 Å². The van der Waals surface area contributed by atoms with E-state index in [1.165, 1.54) is 0 Å². The molecule has 2 N–H and O–H groups in total. The molecule has 0 radical (unpaired) electrons. The van der Waals surface area contributed by atoms with Crippen molar-refractivity contribution in [3.05, 3.63) is 27.7 Å². The van der Waals surface area contributed by atoms with E-state index >= 15 is 0 Å². The molecular formula is C10H15BrN2O2S. The smallest absolute Gasteiger partial charge is 0.271 e. The number of halogens is 1. The van der Waals surface area contributed by atoms with E-state index in [1.54, 1.807) is 6.92 Å². The summed E-state index contributed by atoms with van der Waals surface area (Å²) in [6.07, 6.45) is 0. The van der Waals surface area contributed by atoms with Crippen LogP contribution >= 0.6 is 15.9 Å². The van der Waals surface area contributed by atoms with Gasteiger partial charge in [-0.3, -0.25) is 4.72 Å². The summed E-state index contributed by atoms with van der Waals surface area (Å²) in [6, 6.07) is 3.74. The fourth-order valence-corrected chi connectivity index (χ4v) is 3.16. The molecule has 0 aliphatic rings. The highest BCUT2D eigenvalue weighted by atomic mass is 79.9. The summed E-state index contributed by atoms with van der Waals surface area (Å²) < 4.78 is 29.0. The van der Waals surface area contributed by atoms with Gasteiger partial charge in [-0.15, -0.1) is 0 Å². The van der Waals surface area contributed by atoms with Gasteiger partial charge in [0.15, 0.2) is 0 Å². The molecular weight excluding hydrogens is 292 g/mol. The zero-order valence-electron chi connectivity index (χ0n) is 9.46. The second kappa shape index (κ2) is 5.16. The lowest BCUT2D eigenvalue weighted by molar-refractivity contribution is 0.589. The van der Waals surface area contributed by atoms with Gasteiger partial charge in [-0.1, -0.05) is 22.9 Å². The van der Waals surface area contributed by atoms with E-state index in [2.05, 4.69) is 25.4 Å². The Morgan fingerprint density at radius 3 is 2.19 bits per heavy atom. The van der Waals surface area contributed by atoms with Gasteiger partial charge >= 0.3 is 0 Å². The molecule has 0 heterocycles. The first-order valence-corrected chi connectivity index (χ1v) is 7.17. The first-order valence-electron chi connectivity index (χ1n) is 4.90. The van der Waals surface area contributed by atoms with Gasteiger partial charge in [-0.2, -0.15) is 13.1 Å². The Bertz CT molecular complexity index is 463. The molecule has 4 nitrogen and oxygen atoms in total. The summed E-state index contributed by atoms with van der Waals surface area (Å²) in [5, 5.41) is 0. The molecule has 0 bridgehead atoms. The fourth-order valence-electron chi connectivity index (χ4n) is 1.43. The van der Waals surface area contributed by atoms with Crippen LogP contribution in [0.15, 0.2) is 16.6 Å². The minimum absolute atomic E-state index is 0.365. The third-order valence-electron chi connectivity index (χ3n) is 2.07. The topological polar surface area (TPSA) is 58.2 Å². The van der Waals surface area contributed by atoms with E-state index in [0.717, 1.165) is 15.6 Å². The van der Waals surface area contributed by atoms with Gasteiger partial charge in [0, 0.05) is 11.0 Å². The number of nitrogens with one attached hydrogen (secondary N) is 2. The van der Waals surface area contributed by atoms with E-state index in [9.17, 15) is 8.42 Å². The highest BCUT2D eigenvalue weighted by Gasteiger charge is 2.12. The summed E-state index contributed by atoms with van der Waals surface area (Å²) in [4.78, 5) is 0. The number of hydrogen-bond acceptors (Lipinski definition) is 2. The van der Waals surface area contributed by atoms with Crippen LogP contribution in [-0.4, -0.2) is 15.0 Å². The minimum Gasteiger partial charge on any atom is -0.271 e. The maximum absolute atomic E-state index is 11.6. The molecule has 0 fully saturated rings. The van der Waals surface area contributed by atoms with Gasteiger partial charge in [0.2, 0.25) is 0 Å². The highest BCUT2D eigenvalue weighted by Crippen LogP contribution is 2.25. The largest absolute Gasteiger partial charge is 0.299 e. The molecule has 1 rings (SSSR count). The first kappa shape index (κ1) is 13.5. The fraction of sp³-hybridized carbons (Fsp3) is 0.400. The molecule has 0 saturated carbocycles. The van der Waals surface area contributed by atoms with Gasteiger partial charge in [0.25, 0.3) is 10.2 Å². The average Bonchev–Trinajstić information content (AvgIpc) is 2.11. The minimum atomic E-state index is -3.46. The van der Waals surface area contributed by atoms with Crippen LogP contribution in [0.3, 0.4) is 0 Å². The molecule has 6 heteroatoms. The molecule has 0 amide bonds. The van der Waals surface area contributed by atoms with Crippen LogP contribution in [-0.2, 0) is 10.2 Å². The molecule has 90 valence electrons. The third-order valence-corrected chi connectivity index (χ3v) is 3.67. The number of rotatable bonds is 4. The van der Waals surface area contributed by atoms with Gasteiger partial charge < -0.3 is 0 Å². The summed E-state index contributed by atoms with van der Waals surface area (Å²) in [5.74, 6) is 0.